The normalized spacial score (nSPS) is 10.2. The van der Waals surface area contributed by atoms with Crippen LogP contribution in [-0.2, 0) is 0 Å². The van der Waals surface area contributed by atoms with Crippen molar-refractivity contribution in [3.63, 3.8) is 0 Å². The number of hydrogen-bond acceptors (Lipinski definition) is 2. The third-order valence-corrected chi connectivity index (χ3v) is 2.82. The zero-order chi connectivity index (χ0) is 13.7. The van der Waals surface area contributed by atoms with Crippen LogP contribution in [0.15, 0.2) is 22.7 Å². The number of carbonyl (C=O) groups excluding carboxylic acids is 1. The highest BCUT2D eigenvalue weighted by Crippen LogP contribution is 2.21. The number of carbonyl (C=O) groups is 2. The Balaban J connectivity index is 2.70. The number of halogens is 1. The van der Waals surface area contributed by atoms with Gasteiger partial charge in [-0.2, -0.15) is 0 Å². The van der Waals surface area contributed by atoms with Crippen molar-refractivity contribution in [3.8, 4) is 0 Å². The fourth-order valence-corrected chi connectivity index (χ4v) is 1.66. The van der Waals surface area contributed by atoms with Crippen molar-refractivity contribution in [1.82, 2.24) is 5.32 Å². The third kappa shape index (κ3) is 4.37. The van der Waals surface area contributed by atoms with E-state index >= 15 is 0 Å². The molecule has 0 aliphatic carbocycles. The van der Waals surface area contributed by atoms with Crippen LogP contribution >= 0.6 is 15.9 Å². The highest BCUT2D eigenvalue weighted by Gasteiger charge is 2.10. The van der Waals surface area contributed by atoms with Gasteiger partial charge in [0.2, 0.25) is 0 Å². The Bertz CT molecular complexity index is 461. The maximum Gasteiger partial charge on any atom is 0.336 e. The van der Waals surface area contributed by atoms with Crippen LogP contribution in [0.4, 0.5) is 10.5 Å². The van der Waals surface area contributed by atoms with Crippen molar-refractivity contribution in [2.24, 2.45) is 5.92 Å². The number of aromatic carboxylic acids is 1. The van der Waals surface area contributed by atoms with Crippen LogP contribution in [0.2, 0.25) is 0 Å². The van der Waals surface area contributed by atoms with E-state index in [1.165, 1.54) is 6.07 Å². The van der Waals surface area contributed by atoms with E-state index in [2.05, 4.69) is 26.6 Å². The fourth-order valence-electron chi connectivity index (χ4n) is 1.24. The molecule has 0 unspecified atom stereocenters. The molecule has 0 aliphatic rings. The number of hydrogen-bond donors (Lipinski definition) is 3. The molecule has 3 N–H and O–H groups in total. The summed E-state index contributed by atoms with van der Waals surface area (Å²) < 4.78 is 0.475. The SMILES string of the molecule is CC(C)CNC(=O)Nc1ccc(Br)c(C(=O)O)c1. The largest absolute Gasteiger partial charge is 0.478 e. The molecule has 0 heterocycles. The molecule has 1 rings (SSSR count). The Kier molecular flexibility index (Phi) is 5.15. The number of amides is 2. The summed E-state index contributed by atoms with van der Waals surface area (Å²) in [4.78, 5) is 22.4. The Morgan fingerprint density at radius 3 is 2.61 bits per heavy atom. The zero-order valence-electron chi connectivity index (χ0n) is 10.2. The van der Waals surface area contributed by atoms with E-state index < -0.39 is 5.97 Å². The predicted molar refractivity (Wildman–Crippen MR) is 73.0 cm³/mol. The molecule has 1 aromatic rings. The average Bonchev–Trinajstić information content (AvgIpc) is 2.28. The molecule has 0 aliphatic heterocycles. The van der Waals surface area contributed by atoms with E-state index in [0.29, 0.717) is 22.6 Å². The second kappa shape index (κ2) is 6.39. The van der Waals surface area contributed by atoms with Crippen molar-refractivity contribution >= 4 is 33.6 Å². The summed E-state index contributed by atoms with van der Waals surface area (Å²) in [5.41, 5.74) is 0.550. The van der Waals surface area contributed by atoms with E-state index in [1.54, 1.807) is 12.1 Å². The summed E-state index contributed by atoms with van der Waals surface area (Å²) >= 11 is 3.14. The van der Waals surface area contributed by atoms with E-state index in [9.17, 15) is 9.59 Å². The summed E-state index contributed by atoms with van der Waals surface area (Å²) in [6, 6.07) is 4.27. The third-order valence-electron chi connectivity index (χ3n) is 2.13. The van der Waals surface area contributed by atoms with Gasteiger partial charge in [0, 0.05) is 16.7 Å². The highest BCUT2D eigenvalue weighted by atomic mass is 79.9. The van der Waals surface area contributed by atoms with Gasteiger partial charge in [-0.1, -0.05) is 13.8 Å². The first-order chi connectivity index (χ1) is 8.40. The average molecular weight is 315 g/mol. The van der Waals surface area contributed by atoms with Crippen LogP contribution in [-0.4, -0.2) is 23.7 Å². The van der Waals surface area contributed by atoms with Gasteiger partial charge in [0.1, 0.15) is 0 Å². The first kappa shape index (κ1) is 14.5. The topological polar surface area (TPSA) is 78.4 Å². The molecule has 6 heteroatoms. The summed E-state index contributed by atoms with van der Waals surface area (Å²) in [7, 11) is 0. The van der Waals surface area contributed by atoms with Gasteiger partial charge < -0.3 is 15.7 Å². The van der Waals surface area contributed by atoms with E-state index in [0.717, 1.165) is 0 Å². The first-order valence-corrected chi connectivity index (χ1v) is 6.27. The van der Waals surface area contributed by atoms with Gasteiger partial charge in [-0.15, -0.1) is 0 Å². The minimum Gasteiger partial charge on any atom is -0.478 e. The maximum absolute atomic E-state index is 11.5. The molecule has 0 bridgehead atoms. The molecule has 2 amide bonds. The molecule has 0 aromatic heterocycles. The summed E-state index contributed by atoms with van der Waals surface area (Å²) in [6.45, 7) is 4.54. The predicted octanol–water partition coefficient (Wildman–Crippen LogP) is 2.92. The molecule has 98 valence electrons. The van der Waals surface area contributed by atoms with Gasteiger partial charge in [-0.3, -0.25) is 0 Å². The van der Waals surface area contributed by atoms with Gasteiger partial charge in [-0.25, -0.2) is 9.59 Å². The van der Waals surface area contributed by atoms with Gasteiger partial charge in [0.25, 0.3) is 0 Å². The van der Waals surface area contributed by atoms with Gasteiger partial charge >= 0.3 is 12.0 Å². The molecular formula is C12H15BrN2O3. The van der Waals surface area contributed by atoms with Crippen molar-refractivity contribution in [1.29, 1.82) is 0 Å². The van der Waals surface area contributed by atoms with E-state index in [4.69, 9.17) is 5.11 Å². The molecule has 0 spiro atoms. The van der Waals surface area contributed by atoms with Crippen LogP contribution in [0.1, 0.15) is 24.2 Å². The minimum absolute atomic E-state index is 0.108. The molecule has 0 radical (unpaired) electrons. The number of nitrogens with one attached hydrogen (secondary N) is 2. The van der Waals surface area contributed by atoms with Crippen LogP contribution in [0.3, 0.4) is 0 Å². The zero-order valence-corrected chi connectivity index (χ0v) is 11.7. The lowest BCUT2D eigenvalue weighted by molar-refractivity contribution is 0.0696. The number of carboxylic acid groups (broad SMARTS) is 1. The Morgan fingerprint density at radius 2 is 2.06 bits per heavy atom. The van der Waals surface area contributed by atoms with Crippen LogP contribution in [0.5, 0.6) is 0 Å². The Hall–Kier alpha value is -1.56. The lowest BCUT2D eigenvalue weighted by atomic mass is 10.2. The van der Waals surface area contributed by atoms with Crippen molar-refractivity contribution in [3.05, 3.63) is 28.2 Å². The smallest absolute Gasteiger partial charge is 0.336 e. The number of rotatable bonds is 4. The standard InChI is InChI=1S/C12H15BrN2O3/c1-7(2)6-14-12(18)15-8-3-4-10(13)9(5-8)11(16)17/h3-5,7H,6H2,1-2H3,(H,16,17)(H2,14,15,18). The molecule has 0 saturated carbocycles. The molecular weight excluding hydrogens is 300 g/mol. The lowest BCUT2D eigenvalue weighted by Crippen LogP contribution is -2.31. The van der Waals surface area contributed by atoms with Crippen molar-refractivity contribution < 1.29 is 14.7 Å². The van der Waals surface area contributed by atoms with Crippen molar-refractivity contribution in [2.45, 2.75) is 13.8 Å². The first-order valence-electron chi connectivity index (χ1n) is 5.48. The fraction of sp³-hybridized carbons (Fsp3) is 0.333. The Morgan fingerprint density at radius 1 is 1.39 bits per heavy atom. The number of carboxylic acids is 1. The molecule has 0 atom stereocenters. The summed E-state index contributed by atoms with van der Waals surface area (Å²) in [5.74, 6) is -0.691. The van der Waals surface area contributed by atoms with Gasteiger partial charge in [0.05, 0.1) is 5.56 Å². The van der Waals surface area contributed by atoms with E-state index in [1.807, 2.05) is 13.8 Å². The molecule has 18 heavy (non-hydrogen) atoms. The molecule has 5 nitrogen and oxygen atoms in total. The van der Waals surface area contributed by atoms with Gasteiger partial charge in [-0.05, 0) is 40.0 Å². The van der Waals surface area contributed by atoms with E-state index in [-0.39, 0.29) is 11.6 Å². The second-order valence-corrected chi connectivity index (χ2v) is 5.08. The molecule has 1 aromatic carbocycles. The van der Waals surface area contributed by atoms with Crippen LogP contribution < -0.4 is 10.6 Å². The van der Waals surface area contributed by atoms with Gasteiger partial charge in [0.15, 0.2) is 0 Å². The number of benzene rings is 1. The highest BCUT2D eigenvalue weighted by molar-refractivity contribution is 9.10. The minimum atomic E-state index is -1.05. The van der Waals surface area contributed by atoms with Crippen LogP contribution in [0.25, 0.3) is 0 Å². The maximum atomic E-state index is 11.5. The summed E-state index contributed by atoms with van der Waals surface area (Å²) in [5, 5.41) is 14.2. The summed E-state index contributed by atoms with van der Waals surface area (Å²) in [6.07, 6.45) is 0. The quantitative estimate of drug-likeness (QED) is 0.799. The number of urea groups is 1. The lowest BCUT2D eigenvalue weighted by Gasteiger charge is -2.10. The molecule has 0 saturated heterocycles. The monoisotopic (exact) mass is 314 g/mol. The number of anilines is 1. The second-order valence-electron chi connectivity index (χ2n) is 4.23. The molecule has 0 fully saturated rings. The Labute approximate surface area is 114 Å². The van der Waals surface area contributed by atoms with Crippen molar-refractivity contribution in [2.75, 3.05) is 11.9 Å². The van der Waals surface area contributed by atoms with Crippen LogP contribution in [0, 0.1) is 5.92 Å².